The molecular weight excluding hydrogens is 186 g/mol. The molecule has 1 heterocycles. The summed E-state index contributed by atoms with van der Waals surface area (Å²) in [7, 11) is 0. The maximum absolute atomic E-state index is 4.10. The number of rotatable bonds is 3. The number of nitrogens with one attached hydrogen (secondary N) is 1. The molecule has 1 aromatic carbocycles. The van der Waals surface area contributed by atoms with Gasteiger partial charge in [-0.1, -0.05) is 30.3 Å². The fraction of sp³-hybridized carbons (Fsp3) is 0. The number of benzene rings is 1. The highest BCUT2D eigenvalue weighted by atomic mass is 15.3. The van der Waals surface area contributed by atoms with Crippen molar-refractivity contribution in [3.05, 3.63) is 60.4 Å². The van der Waals surface area contributed by atoms with Crippen molar-refractivity contribution >= 4 is 11.9 Å². The number of anilines is 1. The second-order valence-electron chi connectivity index (χ2n) is 3.02. The van der Waals surface area contributed by atoms with Gasteiger partial charge in [0.25, 0.3) is 0 Å². The van der Waals surface area contributed by atoms with Crippen LogP contribution in [0.15, 0.2) is 60.0 Å². The number of nitrogens with zero attached hydrogens (tertiary/aromatic N) is 2. The predicted molar refractivity (Wildman–Crippen MR) is 61.9 cm³/mol. The zero-order valence-electron chi connectivity index (χ0n) is 8.17. The number of hydrazone groups is 1. The van der Waals surface area contributed by atoms with Gasteiger partial charge in [0.05, 0.1) is 18.1 Å². The molecule has 0 aliphatic carbocycles. The maximum Gasteiger partial charge on any atom is 0.0745 e. The number of hydrogen-bond donors (Lipinski definition) is 1. The molecule has 0 atom stereocenters. The summed E-state index contributed by atoms with van der Waals surface area (Å²) in [6.45, 7) is 0. The smallest absolute Gasteiger partial charge is 0.0745 e. The first kappa shape index (κ1) is 9.40. The van der Waals surface area contributed by atoms with Crippen LogP contribution in [0, 0.1) is 0 Å². The highest BCUT2D eigenvalue weighted by Crippen LogP contribution is 2.02. The van der Waals surface area contributed by atoms with Gasteiger partial charge in [-0.15, -0.1) is 0 Å². The Labute approximate surface area is 88.5 Å². The van der Waals surface area contributed by atoms with Crippen LogP contribution in [0.1, 0.15) is 5.56 Å². The first-order chi connectivity index (χ1) is 7.45. The Hall–Kier alpha value is -2.16. The third-order valence-corrected chi connectivity index (χ3v) is 1.87. The van der Waals surface area contributed by atoms with E-state index in [9.17, 15) is 0 Å². The van der Waals surface area contributed by atoms with Crippen molar-refractivity contribution in [2.45, 2.75) is 0 Å². The third kappa shape index (κ3) is 2.91. The minimum atomic E-state index is 0.879. The second kappa shape index (κ2) is 4.91. The molecule has 0 saturated heterocycles. The SMILES string of the molecule is C(=N/Nc1cccnc1)/c1ccccc1. The average Bonchev–Trinajstić information content (AvgIpc) is 2.32. The monoisotopic (exact) mass is 197 g/mol. The van der Waals surface area contributed by atoms with Gasteiger partial charge < -0.3 is 0 Å². The van der Waals surface area contributed by atoms with Crippen LogP contribution in [0.4, 0.5) is 5.69 Å². The van der Waals surface area contributed by atoms with Gasteiger partial charge in [-0.3, -0.25) is 10.4 Å². The average molecular weight is 197 g/mol. The molecule has 2 aromatic rings. The van der Waals surface area contributed by atoms with Crippen LogP contribution in [-0.2, 0) is 0 Å². The Bertz CT molecular complexity index is 423. The standard InChI is InChI=1S/C12H11N3/c1-2-5-11(6-3-1)9-14-15-12-7-4-8-13-10-12/h1-10,15H/b14-9-. The van der Waals surface area contributed by atoms with E-state index < -0.39 is 0 Å². The van der Waals surface area contributed by atoms with Gasteiger partial charge in [0.1, 0.15) is 0 Å². The van der Waals surface area contributed by atoms with Gasteiger partial charge in [-0.2, -0.15) is 5.10 Å². The first-order valence-corrected chi connectivity index (χ1v) is 4.69. The quantitative estimate of drug-likeness (QED) is 0.606. The summed E-state index contributed by atoms with van der Waals surface area (Å²) in [4.78, 5) is 3.97. The van der Waals surface area contributed by atoms with Crippen molar-refractivity contribution in [1.82, 2.24) is 4.98 Å². The van der Waals surface area contributed by atoms with E-state index in [1.54, 1.807) is 18.6 Å². The predicted octanol–water partition coefficient (Wildman–Crippen LogP) is 2.53. The van der Waals surface area contributed by atoms with Crippen LogP contribution in [0.2, 0.25) is 0 Å². The van der Waals surface area contributed by atoms with Crippen LogP contribution < -0.4 is 5.43 Å². The Kier molecular flexibility index (Phi) is 3.07. The molecule has 0 aliphatic heterocycles. The molecule has 0 spiro atoms. The number of hydrogen-bond acceptors (Lipinski definition) is 3. The molecule has 0 bridgehead atoms. The van der Waals surface area contributed by atoms with Crippen LogP contribution in [0.3, 0.4) is 0 Å². The largest absolute Gasteiger partial charge is 0.277 e. The van der Waals surface area contributed by atoms with Gasteiger partial charge in [0.15, 0.2) is 0 Å². The van der Waals surface area contributed by atoms with Crippen molar-refractivity contribution in [2.75, 3.05) is 5.43 Å². The fourth-order valence-corrected chi connectivity index (χ4v) is 1.15. The van der Waals surface area contributed by atoms with Crippen molar-refractivity contribution in [3.63, 3.8) is 0 Å². The maximum atomic E-state index is 4.10. The van der Waals surface area contributed by atoms with E-state index in [0.717, 1.165) is 11.3 Å². The highest BCUT2D eigenvalue weighted by molar-refractivity contribution is 5.79. The molecule has 1 aromatic heterocycles. The number of pyridine rings is 1. The molecule has 0 radical (unpaired) electrons. The lowest BCUT2D eigenvalue weighted by molar-refractivity contribution is 1.27. The minimum absolute atomic E-state index is 0.879. The van der Waals surface area contributed by atoms with Crippen LogP contribution in [-0.4, -0.2) is 11.2 Å². The summed E-state index contributed by atoms with van der Waals surface area (Å²) in [6, 6.07) is 13.7. The molecule has 0 saturated carbocycles. The summed E-state index contributed by atoms with van der Waals surface area (Å²) in [5, 5.41) is 4.10. The van der Waals surface area contributed by atoms with E-state index >= 15 is 0 Å². The van der Waals surface area contributed by atoms with E-state index in [1.165, 1.54) is 0 Å². The summed E-state index contributed by atoms with van der Waals surface area (Å²) in [5.74, 6) is 0. The molecule has 74 valence electrons. The molecule has 0 fully saturated rings. The van der Waals surface area contributed by atoms with Crippen LogP contribution in [0.5, 0.6) is 0 Å². The lowest BCUT2D eigenvalue weighted by atomic mass is 10.2. The zero-order valence-corrected chi connectivity index (χ0v) is 8.17. The Morgan fingerprint density at radius 1 is 1.07 bits per heavy atom. The van der Waals surface area contributed by atoms with Gasteiger partial charge >= 0.3 is 0 Å². The van der Waals surface area contributed by atoms with E-state index in [1.807, 2.05) is 42.5 Å². The van der Waals surface area contributed by atoms with Gasteiger partial charge in [0.2, 0.25) is 0 Å². The minimum Gasteiger partial charge on any atom is -0.277 e. The highest BCUT2D eigenvalue weighted by Gasteiger charge is 1.86. The zero-order chi connectivity index (χ0) is 10.3. The fourth-order valence-electron chi connectivity index (χ4n) is 1.15. The topological polar surface area (TPSA) is 37.3 Å². The third-order valence-electron chi connectivity index (χ3n) is 1.87. The van der Waals surface area contributed by atoms with Gasteiger partial charge in [-0.05, 0) is 17.7 Å². The van der Waals surface area contributed by atoms with E-state index in [2.05, 4.69) is 15.5 Å². The van der Waals surface area contributed by atoms with E-state index in [4.69, 9.17) is 0 Å². The van der Waals surface area contributed by atoms with Gasteiger partial charge in [-0.25, -0.2) is 0 Å². The molecule has 15 heavy (non-hydrogen) atoms. The molecular formula is C12H11N3. The van der Waals surface area contributed by atoms with Crippen molar-refractivity contribution in [3.8, 4) is 0 Å². The normalized spacial score (nSPS) is 10.4. The van der Waals surface area contributed by atoms with Crippen molar-refractivity contribution in [1.29, 1.82) is 0 Å². The molecule has 2 rings (SSSR count). The Morgan fingerprint density at radius 2 is 1.93 bits per heavy atom. The summed E-state index contributed by atoms with van der Waals surface area (Å²) in [5.41, 5.74) is 4.84. The lowest BCUT2D eigenvalue weighted by Gasteiger charge is -1.97. The molecule has 3 heteroatoms. The Morgan fingerprint density at radius 3 is 2.67 bits per heavy atom. The molecule has 0 unspecified atom stereocenters. The summed E-state index contributed by atoms with van der Waals surface area (Å²) >= 11 is 0. The van der Waals surface area contributed by atoms with E-state index in [0.29, 0.717) is 0 Å². The van der Waals surface area contributed by atoms with Crippen LogP contribution in [0.25, 0.3) is 0 Å². The molecule has 0 aliphatic rings. The summed E-state index contributed by atoms with van der Waals surface area (Å²) in [6.07, 6.45) is 5.22. The number of aromatic nitrogens is 1. The Balaban J connectivity index is 1.97. The molecule has 0 amide bonds. The summed E-state index contributed by atoms with van der Waals surface area (Å²) < 4.78 is 0. The first-order valence-electron chi connectivity index (χ1n) is 4.69. The molecule has 1 N–H and O–H groups in total. The van der Waals surface area contributed by atoms with Gasteiger partial charge in [0, 0.05) is 6.20 Å². The lowest BCUT2D eigenvalue weighted by Crippen LogP contribution is -1.90. The van der Waals surface area contributed by atoms with Crippen molar-refractivity contribution < 1.29 is 0 Å². The van der Waals surface area contributed by atoms with Crippen LogP contribution >= 0.6 is 0 Å². The van der Waals surface area contributed by atoms with Crippen molar-refractivity contribution in [2.24, 2.45) is 5.10 Å². The van der Waals surface area contributed by atoms with E-state index in [-0.39, 0.29) is 0 Å². The molecule has 3 nitrogen and oxygen atoms in total. The second-order valence-corrected chi connectivity index (χ2v) is 3.02.